The van der Waals surface area contributed by atoms with Crippen molar-refractivity contribution in [2.45, 2.75) is 31.4 Å². The number of piperidine rings is 1. The van der Waals surface area contributed by atoms with Crippen LogP contribution in [-0.4, -0.2) is 39.0 Å². The van der Waals surface area contributed by atoms with Gasteiger partial charge in [0.05, 0.1) is 27.4 Å². The second-order valence-electron chi connectivity index (χ2n) is 7.31. The fourth-order valence-corrected chi connectivity index (χ4v) is 4.22. The molecule has 0 bridgehead atoms. The van der Waals surface area contributed by atoms with Crippen molar-refractivity contribution in [2.75, 3.05) is 27.9 Å². The van der Waals surface area contributed by atoms with Crippen LogP contribution in [0, 0.1) is 0 Å². The Labute approximate surface area is 165 Å². The maximum atomic E-state index is 11.2. The first-order valence-electron chi connectivity index (χ1n) is 9.74. The molecule has 3 aromatic rings. The van der Waals surface area contributed by atoms with Gasteiger partial charge in [-0.1, -0.05) is 12.5 Å². The Hall–Kier alpha value is -2.50. The molecule has 28 heavy (non-hydrogen) atoms. The largest absolute Gasteiger partial charge is 0.497 e. The van der Waals surface area contributed by atoms with Crippen LogP contribution in [0.15, 0.2) is 36.4 Å². The molecule has 0 saturated carbocycles. The monoisotopic (exact) mass is 381 g/mol. The molecular weight excluding hydrogens is 354 g/mol. The van der Waals surface area contributed by atoms with Gasteiger partial charge >= 0.3 is 0 Å². The summed E-state index contributed by atoms with van der Waals surface area (Å²) in [5.41, 5.74) is 0.910. The minimum absolute atomic E-state index is 0.0562. The first-order chi connectivity index (χ1) is 13.7. The molecule has 1 aliphatic rings. The lowest BCUT2D eigenvalue weighted by Crippen LogP contribution is -2.38. The van der Waals surface area contributed by atoms with E-state index in [2.05, 4.69) is 11.4 Å². The average molecular weight is 381 g/mol. The third-order valence-electron chi connectivity index (χ3n) is 5.74. The number of ether oxygens (including phenoxy) is 3. The molecule has 5 nitrogen and oxygen atoms in total. The maximum Gasteiger partial charge on any atom is 0.161 e. The predicted molar refractivity (Wildman–Crippen MR) is 112 cm³/mol. The number of benzene rings is 3. The van der Waals surface area contributed by atoms with Gasteiger partial charge in [0.1, 0.15) is 5.75 Å². The summed E-state index contributed by atoms with van der Waals surface area (Å²) in [6.07, 6.45) is 2.67. The molecule has 2 atom stereocenters. The van der Waals surface area contributed by atoms with Gasteiger partial charge in [-0.15, -0.1) is 0 Å². The molecule has 0 aliphatic carbocycles. The minimum atomic E-state index is -0.590. The molecule has 0 spiro atoms. The van der Waals surface area contributed by atoms with Crippen LogP contribution in [0.2, 0.25) is 0 Å². The third-order valence-corrected chi connectivity index (χ3v) is 5.74. The predicted octanol–water partition coefficient (Wildman–Crippen LogP) is 4.19. The Morgan fingerprint density at radius 1 is 0.893 bits per heavy atom. The number of aliphatic hydroxyl groups is 1. The van der Waals surface area contributed by atoms with E-state index in [1.54, 1.807) is 21.3 Å². The topological polar surface area (TPSA) is 60.0 Å². The Bertz CT molecular complexity index is 995. The molecule has 0 amide bonds. The molecule has 1 fully saturated rings. The van der Waals surface area contributed by atoms with Crippen molar-refractivity contribution in [3.63, 3.8) is 0 Å². The quantitative estimate of drug-likeness (QED) is 0.649. The summed E-state index contributed by atoms with van der Waals surface area (Å²) in [5, 5.41) is 18.8. The zero-order valence-electron chi connectivity index (χ0n) is 16.6. The van der Waals surface area contributed by atoms with E-state index in [0.717, 1.165) is 58.7 Å². The van der Waals surface area contributed by atoms with Crippen molar-refractivity contribution < 1.29 is 19.3 Å². The molecule has 0 aromatic heterocycles. The van der Waals surface area contributed by atoms with Gasteiger partial charge in [0.15, 0.2) is 11.5 Å². The lowest BCUT2D eigenvalue weighted by molar-refractivity contribution is 0.115. The fraction of sp³-hybridized carbons (Fsp3) is 0.391. The molecule has 148 valence electrons. The van der Waals surface area contributed by atoms with Gasteiger partial charge in [-0.05, 0) is 76.8 Å². The molecule has 2 unspecified atom stereocenters. The van der Waals surface area contributed by atoms with Crippen LogP contribution in [0.1, 0.15) is 30.9 Å². The van der Waals surface area contributed by atoms with E-state index in [9.17, 15) is 5.11 Å². The van der Waals surface area contributed by atoms with Crippen molar-refractivity contribution in [3.8, 4) is 17.2 Å². The number of aliphatic hydroxyl groups excluding tert-OH is 1. The van der Waals surface area contributed by atoms with Crippen molar-refractivity contribution in [1.82, 2.24) is 5.32 Å². The number of rotatable bonds is 5. The highest BCUT2D eigenvalue weighted by molar-refractivity contribution is 6.10. The summed E-state index contributed by atoms with van der Waals surface area (Å²) in [5.74, 6) is 2.12. The van der Waals surface area contributed by atoms with Gasteiger partial charge in [0.2, 0.25) is 0 Å². The fourth-order valence-electron chi connectivity index (χ4n) is 4.22. The zero-order chi connectivity index (χ0) is 19.7. The Kier molecular flexibility index (Phi) is 5.29. The van der Waals surface area contributed by atoms with Crippen molar-refractivity contribution in [1.29, 1.82) is 0 Å². The number of hydrogen-bond donors (Lipinski definition) is 2. The van der Waals surface area contributed by atoms with Crippen molar-refractivity contribution in [2.24, 2.45) is 0 Å². The first kappa shape index (κ1) is 18.8. The molecule has 2 N–H and O–H groups in total. The summed E-state index contributed by atoms with van der Waals surface area (Å²) in [4.78, 5) is 0. The highest BCUT2D eigenvalue weighted by Crippen LogP contribution is 2.41. The van der Waals surface area contributed by atoms with Crippen LogP contribution in [0.3, 0.4) is 0 Å². The summed E-state index contributed by atoms with van der Waals surface area (Å²) in [6, 6.07) is 12.1. The number of methoxy groups -OCH3 is 3. The molecule has 3 aromatic carbocycles. The molecule has 1 heterocycles. The van der Waals surface area contributed by atoms with Gasteiger partial charge in [-0.25, -0.2) is 0 Å². The standard InChI is InChI=1S/C23H27NO4/c1-26-15-8-7-14-10-19(23(25)20-6-4-5-9-24-20)18-13-22(28-3)21(27-2)12-17(18)16(14)11-15/h7-8,10-13,20,23-25H,4-6,9H2,1-3H3. The normalized spacial score (nSPS) is 18.2. The van der Waals surface area contributed by atoms with E-state index in [1.807, 2.05) is 30.3 Å². The SMILES string of the molecule is COc1ccc2cc(C(O)C3CCCCN3)c3cc(OC)c(OC)cc3c2c1. The lowest BCUT2D eigenvalue weighted by atomic mass is 9.89. The summed E-state index contributed by atoms with van der Waals surface area (Å²) < 4.78 is 16.5. The second-order valence-corrected chi connectivity index (χ2v) is 7.31. The van der Waals surface area contributed by atoms with Gasteiger partial charge < -0.3 is 24.6 Å². The second kappa shape index (κ2) is 7.86. The van der Waals surface area contributed by atoms with Crippen LogP contribution in [0.25, 0.3) is 21.5 Å². The molecule has 1 saturated heterocycles. The van der Waals surface area contributed by atoms with Gasteiger partial charge in [0, 0.05) is 6.04 Å². The maximum absolute atomic E-state index is 11.2. The minimum Gasteiger partial charge on any atom is -0.497 e. The number of nitrogens with one attached hydrogen (secondary N) is 1. The van der Waals surface area contributed by atoms with Gasteiger partial charge in [-0.3, -0.25) is 0 Å². The highest BCUT2D eigenvalue weighted by Gasteiger charge is 2.25. The van der Waals surface area contributed by atoms with E-state index < -0.39 is 6.10 Å². The molecule has 0 radical (unpaired) electrons. The third kappa shape index (κ3) is 3.25. The van der Waals surface area contributed by atoms with Crippen LogP contribution in [0.5, 0.6) is 17.2 Å². The Morgan fingerprint density at radius 3 is 2.29 bits per heavy atom. The van der Waals surface area contributed by atoms with Crippen LogP contribution < -0.4 is 19.5 Å². The van der Waals surface area contributed by atoms with Crippen molar-refractivity contribution >= 4 is 21.5 Å². The van der Waals surface area contributed by atoms with Crippen LogP contribution in [-0.2, 0) is 0 Å². The van der Waals surface area contributed by atoms with Gasteiger partial charge in [-0.2, -0.15) is 0 Å². The summed E-state index contributed by atoms with van der Waals surface area (Å²) in [6.45, 7) is 0.946. The van der Waals surface area contributed by atoms with E-state index in [1.165, 1.54) is 0 Å². The summed E-state index contributed by atoms with van der Waals surface area (Å²) >= 11 is 0. The summed E-state index contributed by atoms with van der Waals surface area (Å²) in [7, 11) is 4.93. The molecule has 1 aliphatic heterocycles. The smallest absolute Gasteiger partial charge is 0.161 e. The first-order valence-corrected chi connectivity index (χ1v) is 9.74. The van der Waals surface area contributed by atoms with E-state index in [-0.39, 0.29) is 6.04 Å². The van der Waals surface area contributed by atoms with Gasteiger partial charge in [0.25, 0.3) is 0 Å². The van der Waals surface area contributed by atoms with Crippen LogP contribution in [0.4, 0.5) is 0 Å². The molecule has 5 heteroatoms. The van der Waals surface area contributed by atoms with E-state index >= 15 is 0 Å². The zero-order valence-corrected chi connectivity index (χ0v) is 16.6. The Morgan fingerprint density at radius 2 is 1.64 bits per heavy atom. The van der Waals surface area contributed by atoms with Crippen molar-refractivity contribution in [3.05, 3.63) is 42.0 Å². The molecular formula is C23H27NO4. The average Bonchev–Trinajstić information content (AvgIpc) is 2.77. The van der Waals surface area contributed by atoms with E-state index in [4.69, 9.17) is 14.2 Å². The lowest BCUT2D eigenvalue weighted by Gasteiger charge is -2.29. The Balaban J connectivity index is 1.99. The number of fused-ring (bicyclic) bond motifs is 3. The number of hydrogen-bond acceptors (Lipinski definition) is 5. The molecule has 4 rings (SSSR count). The van der Waals surface area contributed by atoms with E-state index in [0.29, 0.717) is 11.5 Å². The van der Waals surface area contributed by atoms with Crippen LogP contribution >= 0.6 is 0 Å². The highest BCUT2D eigenvalue weighted by atomic mass is 16.5.